The van der Waals surface area contributed by atoms with E-state index in [9.17, 15) is 4.79 Å². The van der Waals surface area contributed by atoms with Crippen molar-refractivity contribution in [3.63, 3.8) is 0 Å². The maximum Gasteiger partial charge on any atom is 0.303 e. The molecule has 2 nitrogen and oxygen atoms in total. The number of allylic oxidation sites excluding steroid dienone is 3. The van der Waals surface area contributed by atoms with Crippen LogP contribution >= 0.6 is 0 Å². The molecule has 31 heavy (non-hydrogen) atoms. The molecule has 0 saturated heterocycles. The van der Waals surface area contributed by atoms with Crippen LogP contribution in [0.1, 0.15) is 99.3 Å². The maximum atomic E-state index is 11.5. The SMILES string of the molecule is CC(=O)OC1C=C2C=CC3C(CCC4(C)C(C(C)CCCC(C)C)CCC34)C2(C)CC1. The van der Waals surface area contributed by atoms with Gasteiger partial charge in [-0.25, -0.2) is 0 Å². The van der Waals surface area contributed by atoms with E-state index in [1.807, 2.05) is 0 Å². The lowest BCUT2D eigenvalue weighted by molar-refractivity contribution is -0.145. The number of hydrogen-bond donors (Lipinski definition) is 0. The Kier molecular flexibility index (Phi) is 6.50. The number of rotatable bonds is 6. The van der Waals surface area contributed by atoms with Gasteiger partial charge in [0.1, 0.15) is 6.10 Å². The Balaban J connectivity index is 1.51. The van der Waals surface area contributed by atoms with E-state index in [4.69, 9.17) is 4.74 Å². The van der Waals surface area contributed by atoms with Crippen molar-refractivity contribution in [2.24, 2.45) is 46.3 Å². The molecule has 0 radical (unpaired) electrons. The highest BCUT2D eigenvalue weighted by Gasteiger charge is 2.58. The van der Waals surface area contributed by atoms with Crippen LogP contribution in [0.4, 0.5) is 0 Å². The lowest BCUT2D eigenvalue weighted by atomic mass is 9.48. The van der Waals surface area contributed by atoms with Crippen molar-refractivity contribution in [2.75, 3.05) is 0 Å². The topological polar surface area (TPSA) is 26.3 Å². The van der Waals surface area contributed by atoms with E-state index in [0.29, 0.717) is 5.41 Å². The highest BCUT2D eigenvalue weighted by Crippen LogP contribution is 2.66. The van der Waals surface area contributed by atoms with Gasteiger partial charge in [0.05, 0.1) is 0 Å². The zero-order chi connectivity index (χ0) is 22.4. The van der Waals surface area contributed by atoms with E-state index >= 15 is 0 Å². The number of esters is 1. The molecule has 0 bridgehead atoms. The summed E-state index contributed by atoms with van der Waals surface area (Å²) in [6.45, 7) is 14.0. The molecule has 8 unspecified atom stereocenters. The van der Waals surface area contributed by atoms with Crippen LogP contribution in [0.15, 0.2) is 23.8 Å². The lowest BCUT2D eigenvalue weighted by Crippen LogP contribution is -2.49. The Hall–Kier alpha value is -1.05. The molecule has 0 aliphatic heterocycles. The summed E-state index contributed by atoms with van der Waals surface area (Å²) in [6.07, 6.45) is 19.2. The summed E-state index contributed by atoms with van der Waals surface area (Å²) in [7, 11) is 0. The van der Waals surface area contributed by atoms with Crippen molar-refractivity contribution in [2.45, 2.75) is 105 Å². The molecule has 2 saturated carbocycles. The molecule has 0 N–H and O–H groups in total. The lowest BCUT2D eigenvalue weighted by Gasteiger charge is -2.57. The van der Waals surface area contributed by atoms with Crippen LogP contribution in [-0.4, -0.2) is 12.1 Å². The monoisotopic (exact) mass is 426 g/mol. The second-order valence-corrected chi connectivity index (χ2v) is 12.4. The molecule has 4 rings (SSSR count). The first kappa shape index (κ1) is 23.1. The molecule has 4 aliphatic rings. The van der Waals surface area contributed by atoms with Gasteiger partial charge in [-0.3, -0.25) is 4.79 Å². The zero-order valence-electron chi connectivity index (χ0n) is 21.0. The van der Waals surface area contributed by atoms with Crippen LogP contribution in [0.25, 0.3) is 0 Å². The second-order valence-electron chi connectivity index (χ2n) is 12.4. The Morgan fingerprint density at radius 2 is 1.84 bits per heavy atom. The standard InChI is InChI=1S/C29H46O2/c1-19(2)8-7-9-20(3)25-12-13-26-24-11-10-22-18-23(31-21(4)30)14-16-28(22,5)27(24)15-17-29(25,26)6/h10-11,18-20,23-27H,7-9,12-17H2,1-6H3. The molecule has 0 aromatic heterocycles. The van der Waals surface area contributed by atoms with Crippen LogP contribution in [0.2, 0.25) is 0 Å². The first-order valence-electron chi connectivity index (χ1n) is 13.2. The Morgan fingerprint density at radius 3 is 2.55 bits per heavy atom. The summed E-state index contributed by atoms with van der Waals surface area (Å²) in [5.41, 5.74) is 2.22. The molecule has 4 aliphatic carbocycles. The predicted octanol–water partition coefficient (Wildman–Crippen LogP) is 7.74. The molecular formula is C29H46O2. The number of fused-ring (bicyclic) bond motifs is 5. The molecule has 8 atom stereocenters. The fourth-order valence-electron chi connectivity index (χ4n) is 8.46. The van der Waals surface area contributed by atoms with Gasteiger partial charge in [-0.1, -0.05) is 66.0 Å². The predicted molar refractivity (Wildman–Crippen MR) is 129 cm³/mol. The van der Waals surface area contributed by atoms with Gasteiger partial charge in [-0.15, -0.1) is 0 Å². The minimum Gasteiger partial charge on any atom is -0.458 e. The third-order valence-electron chi connectivity index (χ3n) is 10.1. The van der Waals surface area contributed by atoms with Crippen molar-refractivity contribution in [1.82, 2.24) is 0 Å². The van der Waals surface area contributed by atoms with Crippen LogP contribution in [0.3, 0.4) is 0 Å². The minimum atomic E-state index is -0.156. The van der Waals surface area contributed by atoms with Crippen LogP contribution in [0, 0.1) is 46.3 Å². The van der Waals surface area contributed by atoms with Gasteiger partial charge < -0.3 is 4.74 Å². The second kappa shape index (κ2) is 8.71. The fraction of sp³-hybridized carbons (Fsp3) is 0.828. The largest absolute Gasteiger partial charge is 0.458 e. The van der Waals surface area contributed by atoms with E-state index in [1.165, 1.54) is 57.4 Å². The molecule has 0 aromatic carbocycles. The van der Waals surface area contributed by atoms with Gasteiger partial charge in [0.2, 0.25) is 0 Å². The Morgan fingerprint density at radius 1 is 1.06 bits per heavy atom. The van der Waals surface area contributed by atoms with Crippen molar-refractivity contribution in [3.8, 4) is 0 Å². The zero-order valence-corrected chi connectivity index (χ0v) is 21.0. The van der Waals surface area contributed by atoms with Crippen molar-refractivity contribution in [1.29, 1.82) is 0 Å². The van der Waals surface area contributed by atoms with Gasteiger partial charge in [0, 0.05) is 6.92 Å². The van der Waals surface area contributed by atoms with Crippen molar-refractivity contribution < 1.29 is 9.53 Å². The summed E-state index contributed by atoms with van der Waals surface area (Å²) < 4.78 is 5.54. The summed E-state index contributed by atoms with van der Waals surface area (Å²) in [5.74, 6) is 4.79. The van der Waals surface area contributed by atoms with Crippen LogP contribution < -0.4 is 0 Å². The molecule has 0 amide bonds. The van der Waals surface area contributed by atoms with Gasteiger partial charge >= 0.3 is 5.97 Å². The minimum absolute atomic E-state index is 0.0295. The average molecular weight is 427 g/mol. The Bertz CT molecular complexity index is 733. The third kappa shape index (κ3) is 4.18. The summed E-state index contributed by atoms with van der Waals surface area (Å²) in [5, 5.41) is 0. The van der Waals surface area contributed by atoms with E-state index in [2.05, 4.69) is 52.8 Å². The van der Waals surface area contributed by atoms with E-state index in [0.717, 1.165) is 48.3 Å². The fourth-order valence-corrected chi connectivity index (χ4v) is 8.46. The van der Waals surface area contributed by atoms with Gasteiger partial charge in [-0.05, 0) is 96.5 Å². The molecule has 0 spiro atoms. The molecule has 0 heterocycles. The van der Waals surface area contributed by atoms with Gasteiger partial charge in [0.25, 0.3) is 0 Å². The first-order chi connectivity index (χ1) is 14.6. The smallest absolute Gasteiger partial charge is 0.303 e. The molecule has 174 valence electrons. The van der Waals surface area contributed by atoms with Crippen molar-refractivity contribution in [3.05, 3.63) is 23.8 Å². The van der Waals surface area contributed by atoms with E-state index in [1.54, 1.807) is 0 Å². The molecule has 0 aromatic rings. The number of hydrogen-bond acceptors (Lipinski definition) is 2. The van der Waals surface area contributed by atoms with Gasteiger partial charge in [0.15, 0.2) is 0 Å². The maximum absolute atomic E-state index is 11.5. The third-order valence-corrected chi connectivity index (χ3v) is 10.1. The Labute approximate surface area is 191 Å². The van der Waals surface area contributed by atoms with Crippen LogP contribution in [-0.2, 0) is 9.53 Å². The summed E-state index contributed by atoms with van der Waals surface area (Å²) in [4.78, 5) is 11.5. The highest BCUT2D eigenvalue weighted by molar-refractivity contribution is 5.66. The molecule has 2 heteroatoms. The number of carbonyl (C=O) groups is 1. The average Bonchev–Trinajstić information content (AvgIpc) is 3.05. The number of carbonyl (C=O) groups excluding carboxylic acids is 1. The summed E-state index contributed by atoms with van der Waals surface area (Å²) >= 11 is 0. The quantitative estimate of drug-likeness (QED) is 0.406. The normalized spacial score (nSPS) is 42.4. The molecular weight excluding hydrogens is 380 g/mol. The highest BCUT2D eigenvalue weighted by atomic mass is 16.5. The first-order valence-corrected chi connectivity index (χ1v) is 13.2. The number of ether oxygens (including phenoxy) is 1. The summed E-state index contributed by atoms with van der Waals surface area (Å²) in [6, 6.07) is 0. The van der Waals surface area contributed by atoms with E-state index < -0.39 is 0 Å². The molecule has 2 fully saturated rings. The van der Waals surface area contributed by atoms with Crippen LogP contribution in [0.5, 0.6) is 0 Å². The van der Waals surface area contributed by atoms with Gasteiger partial charge in [-0.2, -0.15) is 0 Å². The van der Waals surface area contributed by atoms with E-state index in [-0.39, 0.29) is 17.5 Å². The van der Waals surface area contributed by atoms with Crippen molar-refractivity contribution >= 4 is 5.97 Å².